The molecule has 0 bridgehead atoms. The van der Waals surface area contributed by atoms with E-state index in [1.807, 2.05) is 10.6 Å². The number of aromatic carboxylic acids is 1. The second-order valence-electron chi connectivity index (χ2n) is 6.91. The molecule has 2 heterocycles. The summed E-state index contributed by atoms with van der Waals surface area (Å²) in [6.07, 6.45) is 6.08. The van der Waals surface area contributed by atoms with Crippen LogP contribution in [-0.2, 0) is 4.79 Å². The Labute approximate surface area is 144 Å². The normalized spacial score (nSPS) is 21.2. The van der Waals surface area contributed by atoms with Crippen LogP contribution in [0.2, 0.25) is 0 Å². The van der Waals surface area contributed by atoms with E-state index >= 15 is 0 Å². The molecule has 1 aliphatic heterocycles. The van der Waals surface area contributed by atoms with Gasteiger partial charge in [-0.05, 0) is 30.5 Å². The number of carboxylic acids is 1. The van der Waals surface area contributed by atoms with Gasteiger partial charge in [0, 0.05) is 35.7 Å². The minimum atomic E-state index is -1.21. The Morgan fingerprint density at radius 1 is 1.28 bits per heavy atom. The number of benzene rings is 1. The third-order valence-electron chi connectivity index (χ3n) is 5.48. The van der Waals surface area contributed by atoms with Crippen molar-refractivity contribution in [2.24, 2.45) is 0 Å². The molecule has 6 heteroatoms. The van der Waals surface area contributed by atoms with E-state index in [4.69, 9.17) is 0 Å². The zero-order chi connectivity index (χ0) is 17.7. The first kappa shape index (κ1) is 15.9. The minimum Gasteiger partial charge on any atom is -0.477 e. The number of hydrogen-bond acceptors (Lipinski definition) is 3. The molecular formula is C19H20N2O4. The molecule has 4 rings (SSSR count). The van der Waals surface area contributed by atoms with Crippen LogP contribution in [0.5, 0.6) is 0 Å². The van der Waals surface area contributed by atoms with Crippen LogP contribution in [0.4, 0.5) is 5.69 Å². The SMILES string of the molecule is CCC(=O)Nc1cc2c3c(c1)c(=O)c(C(=O)O)cn3C1CCCCC21. The molecule has 0 saturated heterocycles. The number of carbonyl (C=O) groups excluding carboxylic acids is 1. The summed E-state index contributed by atoms with van der Waals surface area (Å²) in [5.74, 6) is -1.06. The van der Waals surface area contributed by atoms with Crippen LogP contribution in [0, 0.1) is 0 Å². The number of carbonyl (C=O) groups is 2. The first-order valence-electron chi connectivity index (χ1n) is 8.77. The number of nitrogens with one attached hydrogen (secondary N) is 1. The molecule has 0 spiro atoms. The molecule has 25 heavy (non-hydrogen) atoms. The predicted molar refractivity (Wildman–Crippen MR) is 94.3 cm³/mol. The van der Waals surface area contributed by atoms with E-state index in [9.17, 15) is 19.5 Å². The Hall–Kier alpha value is -2.63. The summed E-state index contributed by atoms with van der Waals surface area (Å²) in [6, 6.07) is 3.78. The van der Waals surface area contributed by atoms with Crippen molar-refractivity contribution in [1.29, 1.82) is 0 Å². The number of aromatic nitrogens is 1. The summed E-state index contributed by atoms with van der Waals surface area (Å²) in [4.78, 5) is 36.0. The third kappa shape index (κ3) is 2.35. The van der Waals surface area contributed by atoms with E-state index in [1.165, 1.54) is 6.20 Å². The van der Waals surface area contributed by atoms with Gasteiger partial charge in [-0.2, -0.15) is 0 Å². The van der Waals surface area contributed by atoms with Gasteiger partial charge in [0.15, 0.2) is 0 Å². The number of amides is 1. The fourth-order valence-electron chi connectivity index (χ4n) is 4.35. The monoisotopic (exact) mass is 340 g/mol. The number of fused-ring (bicyclic) bond motifs is 3. The number of carboxylic acid groups (broad SMARTS) is 1. The van der Waals surface area contributed by atoms with Crippen LogP contribution in [-0.4, -0.2) is 21.6 Å². The summed E-state index contributed by atoms with van der Waals surface area (Å²) in [7, 11) is 0. The number of nitrogens with zero attached hydrogens (tertiary/aromatic N) is 1. The van der Waals surface area contributed by atoms with E-state index in [1.54, 1.807) is 13.0 Å². The first-order valence-corrected chi connectivity index (χ1v) is 8.77. The number of hydrogen-bond donors (Lipinski definition) is 2. The molecule has 130 valence electrons. The molecular weight excluding hydrogens is 320 g/mol. The quantitative estimate of drug-likeness (QED) is 0.897. The molecule has 1 aromatic heterocycles. The van der Waals surface area contributed by atoms with E-state index in [0.717, 1.165) is 36.8 Å². The topological polar surface area (TPSA) is 88.4 Å². The minimum absolute atomic E-state index is 0.126. The lowest BCUT2D eigenvalue weighted by Crippen LogP contribution is -2.20. The zero-order valence-electron chi connectivity index (χ0n) is 14.0. The van der Waals surface area contributed by atoms with Gasteiger partial charge >= 0.3 is 5.97 Å². The highest BCUT2D eigenvalue weighted by Gasteiger charge is 2.37. The largest absolute Gasteiger partial charge is 0.477 e. The van der Waals surface area contributed by atoms with Gasteiger partial charge in [0.25, 0.3) is 0 Å². The second-order valence-corrected chi connectivity index (χ2v) is 6.91. The van der Waals surface area contributed by atoms with Crippen LogP contribution >= 0.6 is 0 Å². The Morgan fingerprint density at radius 2 is 2.04 bits per heavy atom. The van der Waals surface area contributed by atoms with Crippen molar-refractivity contribution in [3.05, 3.63) is 39.7 Å². The molecule has 1 aromatic carbocycles. The van der Waals surface area contributed by atoms with Crippen molar-refractivity contribution < 1.29 is 14.7 Å². The molecule has 2 aliphatic rings. The van der Waals surface area contributed by atoms with E-state index in [-0.39, 0.29) is 23.4 Å². The van der Waals surface area contributed by atoms with Crippen molar-refractivity contribution in [3.8, 4) is 0 Å². The summed E-state index contributed by atoms with van der Waals surface area (Å²) in [5, 5.41) is 12.6. The Balaban J connectivity index is 2.01. The highest BCUT2D eigenvalue weighted by Crippen LogP contribution is 2.49. The van der Waals surface area contributed by atoms with Crippen LogP contribution in [0.3, 0.4) is 0 Å². The number of pyridine rings is 1. The molecule has 1 fully saturated rings. The van der Waals surface area contributed by atoms with Crippen molar-refractivity contribution in [1.82, 2.24) is 4.57 Å². The van der Waals surface area contributed by atoms with Gasteiger partial charge in [-0.1, -0.05) is 19.8 Å². The molecule has 1 aliphatic carbocycles. The standard InChI is InChI=1S/C19H20N2O4/c1-2-16(22)20-10-7-12-11-5-3-4-6-15(11)21-9-14(19(24)25)18(23)13(8-10)17(12)21/h7-9,11,15H,2-6H2,1H3,(H,20,22)(H,24,25). The van der Waals surface area contributed by atoms with Gasteiger partial charge in [0.05, 0.1) is 5.52 Å². The molecule has 6 nitrogen and oxygen atoms in total. The summed E-state index contributed by atoms with van der Waals surface area (Å²) in [6.45, 7) is 1.77. The molecule has 2 N–H and O–H groups in total. The Morgan fingerprint density at radius 3 is 2.76 bits per heavy atom. The fraction of sp³-hybridized carbons (Fsp3) is 0.421. The van der Waals surface area contributed by atoms with Gasteiger partial charge in [-0.15, -0.1) is 0 Å². The molecule has 2 unspecified atom stereocenters. The lowest BCUT2D eigenvalue weighted by atomic mass is 9.82. The summed E-state index contributed by atoms with van der Waals surface area (Å²) < 4.78 is 1.99. The third-order valence-corrected chi connectivity index (χ3v) is 5.48. The predicted octanol–water partition coefficient (Wildman–Crippen LogP) is 3.26. The average molecular weight is 340 g/mol. The van der Waals surface area contributed by atoms with Crippen LogP contribution < -0.4 is 10.7 Å². The van der Waals surface area contributed by atoms with Gasteiger partial charge in [0.1, 0.15) is 5.56 Å². The molecule has 2 aromatic rings. The maximum Gasteiger partial charge on any atom is 0.341 e. The highest BCUT2D eigenvalue weighted by molar-refractivity contribution is 5.98. The summed E-state index contributed by atoms with van der Waals surface area (Å²) in [5.41, 5.74) is 1.78. The maximum absolute atomic E-state index is 12.7. The Bertz CT molecular complexity index is 960. The van der Waals surface area contributed by atoms with E-state index in [0.29, 0.717) is 17.5 Å². The molecule has 2 atom stereocenters. The Kier molecular flexibility index (Phi) is 3.63. The van der Waals surface area contributed by atoms with Gasteiger partial charge in [-0.25, -0.2) is 4.79 Å². The molecule has 1 amide bonds. The van der Waals surface area contributed by atoms with E-state index in [2.05, 4.69) is 5.32 Å². The van der Waals surface area contributed by atoms with Crippen molar-refractivity contribution in [2.75, 3.05) is 5.32 Å². The van der Waals surface area contributed by atoms with E-state index < -0.39 is 11.4 Å². The highest BCUT2D eigenvalue weighted by atomic mass is 16.4. The number of anilines is 1. The maximum atomic E-state index is 12.7. The zero-order valence-corrected chi connectivity index (χ0v) is 14.0. The number of rotatable bonds is 3. The first-order chi connectivity index (χ1) is 12.0. The van der Waals surface area contributed by atoms with Gasteiger partial charge in [0.2, 0.25) is 11.3 Å². The van der Waals surface area contributed by atoms with Crippen molar-refractivity contribution in [2.45, 2.75) is 51.0 Å². The average Bonchev–Trinajstić information content (AvgIpc) is 2.92. The fourth-order valence-corrected chi connectivity index (χ4v) is 4.35. The lowest BCUT2D eigenvalue weighted by molar-refractivity contribution is -0.115. The lowest BCUT2D eigenvalue weighted by Gasteiger charge is -2.27. The summed E-state index contributed by atoms with van der Waals surface area (Å²) >= 11 is 0. The van der Waals surface area contributed by atoms with Gasteiger partial charge < -0.3 is 15.0 Å². The van der Waals surface area contributed by atoms with Crippen LogP contribution in [0.25, 0.3) is 10.9 Å². The van der Waals surface area contributed by atoms with Crippen LogP contribution in [0.1, 0.15) is 66.9 Å². The second kappa shape index (κ2) is 5.72. The smallest absolute Gasteiger partial charge is 0.341 e. The molecule has 0 radical (unpaired) electrons. The van der Waals surface area contributed by atoms with Crippen LogP contribution in [0.15, 0.2) is 23.1 Å². The van der Waals surface area contributed by atoms with Gasteiger partial charge in [-0.3, -0.25) is 9.59 Å². The van der Waals surface area contributed by atoms with Crippen molar-refractivity contribution >= 4 is 28.5 Å². The molecule has 1 saturated carbocycles. The van der Waals surface area contributed by atoms with Crippen molar-refractivity contribution in [3.63, 3.8) is 0 Å².